The Hall–Kier alpha value is -2.55. The number of benzene rings is 2. The molecule has 0 saturated carbocycles. The lowest BCUT2D eigenvalue weighted by Gasteiger charge is -2.08. The van der Waals surface area contributed by atoms with Crippen LogP contribution in [0.3, 0.4) is 0 Å². The number of halogens is 2. The van der Waals surface area contributed by atoms with Crippen LogP contribution in [-0.2, 0) is 11.2 Å². The van der Waals surface area contributed by atoms with Crippen molar-refractivity contribution in [3.63, 3.8) is 0 Å². The Balaban J connectivity index is 1.56. The largest absolute Gasteiger partial charge is 0.493 e. The lowest BCUT2D eigenvalue weighted by molar-refractivity contribution is -0.118. The number of anilines is 1. The highest BCUT2D eigenvalue weighted by atomic mass is 35.5. The van der Waals surface area contributed by atoms with Gasteiger partial charge in [-0.2, -0.15) is 0 Å². The van der Waals surface area contributed by atoms with Crippen LogP contribution in [-0.4, -0.2) is 36.9 Å². The number of nitrogens with one attached hydrogen (secondary N) is 1. The molecule has 0 saturated heterocycles. The van der Waals surface area contributed by atoms with Gasteiger partial charge in [-0.1, -0.05) is 40.6 Å². The molecule has 0 bridgehead atoms. The van der Waals surface area contributed by atoms with Crippen LogP contribution >= 0.6 is 34.5 Å². The van der Waals surface area contributed by atoms with Gasteiger partial charge in [0, 0.05) is 11.4 Å². The maximum Gasteiger partial charge on any atom is 0.264 e. The molecule has 0 spiro atoms. The van der Waals surface area contributed by atoms with Crippen molar-refractivity contribution in [2.24, 2.45) is 0 Å². The van der Waals surface area contributed by atoms with Gasteiger partial charge in [0.05, 0.1) is 19.2 Å². The summed E-state index contributed by atoms with van der Waals surface area (Å²) in [4.78, 5) is 12.1. The first-order valence-electron chi connectivity index (χ1n) is 8.39. The van der Waals surface area contributed by atoms with Crippen molar-refractivity contribution in [1.82, 2.24) is 10.2 Å². The third kappa shape index (κ3) is 5.72. The molecule has 3 aromatic rings. The summed E-state index contributed by atoms with van der Waals surface area (Å²) in [5.41, 5.74) is 0.984. The zero-order valence-corrected chi connectivity index (χ0v) is 17.9. The summed E-state index contributed by atoms with van der Waals surface area (Å²) < 4.78 is 15.9. The van der Waals surface area contributed by atoms with Crippen LogP contribution in [0.1, 0.15) is 10.6 Å². The summed E-state index contributed by atoms with van der Waals surface area (Å²) in [7, 11) is 3.17. The second-order valence-corrected chi connectivity index (χ2v) is 7.68. The lowest BCUT2D eigenvalue weighted by atomic mass is 10.1. The zero-order chi connectivity index (χ0) is 20.8. The molecule has 1 amide bonds. The fourth-order valence-corrected chi connectivity index (χ4v) is 3.68. The minimum Gasteiger partial charge on any atom is -0.493 e. The van der Waals surface area contributed by atoms with Crippen LogP contribution in [0.25, 0.3) is 0 Å². The lowest BCUT2D eigenvalue weighted by Crippen LogP contribution is -2.20. The second kappa shape index (κ2) is 9.78. The van der Waals surface area contributed by atoms with Gasteiger partial charge < -0.3 is 14.2 Å². The predicted molar refractivity (Wildman–Crippen MR) is 113 cm³/mol. The number of carbonyl (C=O) groups excluding carboxylic acids is 1. The second-order valence-electron chi connectivity index (χ2n) is 5.78. The van der Waals surface area contributed by atoms with Crippen molar-refractivity contribution < 1.29 is 19.0 Å². The minimum absolute atomic E-state index is 0.216. The molecule has 0 atom stereocenters. The summed E-state index contributed by atoms with van der Waals surface area (Å²) >= 11 is 13.1. The Kier molecular flexibility index (Phi) is 7.13. The molecule has 2 aromatic carbocycles. The third-order valence-electron chi connectivity index (χ3n) is 3.77. The summed E-state index contributed by atoms with van der Waals surface area (Å²) in [6.07, 6.45) is 0.546. The van der Waals surface area contributed by atoms with Gasteiger partial charge in [0.2, 0.25) is 5.13 Å². The van der Waals surface area contributed by atoms with E-state index in [0.717, 1.165) is 10.6 Å². The highest BCUT2D eigenvalue weighted by molar-refractivity contribution is 7.15. The fourth-order valence-electron chi connectivity index (χ4n) is 2.43. The van der Waals surface area contributed by atoms with Crippen molar-refractivity contribution in [1.29, 1.82) is 0 Å². The Morgan fingerprint density at radius 3 is 2.52 bits per heavy atom. The van der Waals surface area contributed by atoms with E-state index in [1.165, 1.54) is 11.3 Å². The van der Waals surface area contributed by atoms with Crippen molar-refractivity contribution >= 4 is 45.6 Å². The monoisotopic (exact) mass is 453 g/mol. The van der Waals surface area contributed by atoms with Crippen LogP contribution in [0.2, 0.25) is 10.0 Å². The number of aromatic nitrogens is 2. The van der Waals surface area contributed by atoms with E-state index in [4.69, 9.17) is 37.4 Å². The van der Waals surface area contributed by atoms with Gasteiger partial charge >= 0.3 is 0 Å². The molecular weight excluding hydrogens is 437 g/mol. The van der Waals surface area contributed by atoms with Crippen molar-refractivity contribution in [3.8, 4) is 17.2 Å². The molecule has 1 N–H and O–H groups in total. The van der Waals surface area contributed by atoms with E-state index in [0.29, 0.717) is 38.8 Å². The summed E-state index contributed by atoms with van der Waals surface area (Å²) in [5.74, 6) is 1.30. The maximum absolute atomic E-state index is 12.1. The molecule has 29 heavy (non-hydrogen) atoms. The molecule has 0 radical (unpaired) electrons. The number of carbonyl (C=O) groups is 1. The number of hydrogen-bond donors (Lipinski definition) is 1. The Labute approximate surface area is 181 Å². The summed E-state index contributed by atoms with van der Waals surface area (Å²) in [6, 6.07) is 10.4. The molecule has 0 aliphatic rings. The Morgan fingerprint density at radius 1 is 1.03 bits per heavy atom. The van der Waals surface area contributed by atoms with E-state index in [2.05, 4.69) is 15.5 Å². The topological polar surface area (TPSA) is 82.6 Å². The van der Waals surface area contributed by atoms with Gasteiger partial charge in [-0.3, -0.25) is 10.1 Å². The third-order valence-corrected chi connectivity index (χ3v) is 5.14. The van der Waals surface area contributed by atoms with E-state index >= 15 is 0 Å². The van der Waals surface area contributed by atoms with Crippen molar-refractivity contribution in [2.75, 3.05) is 26.1 Å². The van der Waals surface area contributed by atoms with Crippen LogP contribution in [0.5, 0.6) is 17.2 Å². The number of rotatable bonds is 8. The average molecular weight is 454 g/mol. The van der Waals surface area contributed by atoms with Crippen LogP contribution in [0.4, 0.5) is 5.13 Å². The molecule has 10 heteroatoms. The van der Waals surface area contributed by atoms with E-state index < -0.39 is 0 Å². The number of hydrogen-bond acceptors (Lipinski definition) is 7. The highest BCUT2D eigenvalue weighted by Gasteiger charge is 2.12. The summed E-state index contributed by atoms with van der Waals surface area (Å²) in [5, 5.41) is 12.7. The van der Waals surface area contributed by atoms with Gasteiger partial charge in [0.25, 0.3) is 5.91 Å². The van der Waals surface area contributed by atoms with E-state index in [1.54, 1.807) is 32.4 Å². The quantitative estimate of drug-likeness (QED) is 0.541. The Morgan fingerprint density at radius 2 is 1.79 bits per heavy atom. The molecule has 152 valence electrons. The van der Waals surface area contributed by atoms with Gasteiger partial charge in [-0.25, -0.2) is 0 Å². The Bertz CT molecular complexity index is 1010. The molecule has 1 heterocycles. The van der Waals surface area contributed by atoms with Gasteiger partial charge in [0.15, 0.2) is 18.1 Å². The maximum atomic E-state index is 12.1. The van der Waals surface area contributed by atoms with Gasteiger partial charge in [0.1, 0.15) is 10.8 Å². The number of ether oxygens (including phenoxy) is 3. The van der Waals surface area contributed by atoms with Crippen molar-refractivity contribution in [2.45, 2.75) is 6.42 Å². The first kappa shape index (κ1) is 21.2. The molecule has 0 unspecified atom stereocenters. The van der Waals surface area contributed by atoms with E-state index in [-0.39, 0.29) is 12.5 Å². The molecule has 0 aliphatic carbocycles. The molecule has 0 aliphatic heterocycles. The van der Waals surface area contributed by atoms with Crippen LogP contribution in [0, 0.1) is 0 Å². The minimum atomic E-state index is -0.371. The molecular formula is C19H17Cl2N3O4S. The zero-order valence-electron chi connectivity index (χ0n) is 15.6. The fraction of sp³-hybridized carbons (Fsp3) is 0.211. The first-order valence-corrected chi connectivity index (χ1v) is 9.96. The molecule has 1 aromatic heterocycles. The molecule has 7 nitrogen and oxygen atoms in total. The SMILES string of the molecule is COc1ccc(Cc2nnc(NC(=O)COc3ccc(Cl)cc3Cl)s2)cc1OC. The van der Waals surface area contributed by atoms with Gasteiger partial charge in [-0.05, 0) is 35.9 Å². The average Bonchev–Trinajstić information content (AvgIpc) is 3.13. The predicted octanol–water partition coefficient (Wildman–Crippen LogP) is 4.47. The van der Waals surface area contributed by atoms with Crippen LogP contribution in [0.15, 0.2) is 36.4 Å². The first-order chi connectivity index (χ1) is 14.0. The van der Waals surface area contributed by atoms with E-state index in [1.807, 2.05) is 18.2 Å². The van der Waals surface area contributed by atoms with Crippen LogP contribution < -0.4 is 19.5 Å². The summed E-state index contributed by atoms with van der Waals surface area (Å²) in [6.45, 7) is -0.216. The number of amides is 1. The highest BCUT2D eigenvalue weighted by Crippen LogP contribution is 2.29. The normalized spacial score (nSPS) is 10.5. The molecule has 3 rings (SSSR count). The molecule has 0 fully saturated rings. The van der Waals surface area contributed by atoms with E-state index in [9.17, 15) is 4.79 Å². The smallest absolute Gasteiger partial charge is 0.264 e. The standard InChI is InChI=1S/C19H17Cl2N3O4S/c1-26-15-5-3-11(7-16(15)27-2)8-18-23-24-19(29-18)22-17(25)10-28-14-6-4-12(20)9-13(14)21/h3-7,9H,8,10H2,1-2H3,(H,22,24,25). The number of nitrogens with zero attached hydrogens (tertiary/aromatic N) is 2. The van der Waals surface area contributed by atoms with Gasteiger partial charge in [-0.15, -0.1) is 10.2 Å². The number of methoxy groups -OCH3 is 2. The van der Waals surface area contributed by atoms with Crippen molar-refractivity contribution in [3.05, 3.63) is 57.0 Å².